The van der Waals surface area contributed by atoms with E-state index in [4.69, 9.17) is 11.5 Å². The van der Waals surface area contributed by atoms with Crippen LogP contribution in [0.15, 0.2) is 11.9 Å². The lowest BCUT2D eigenvalue weighted by atomic mass is 10.2. The third-order valence-electron chi connectivity index (χ3n) is 1.26. The summed E-state index contributed by atoms with van der Waals surface area (Å²) in [7, 11) is 0.177. The van der Waals surface area contributed by atoms with Crippen LogP contribution in [0.2, 0.25) is 0 Å². The van der Waals surface area contributed by atoms with Crippen LogP contribution in [0.3, 0.4) is 0 Å². The molecule has 0 saturated heterocycles. The van der Waals surface area contributed by atoms with E-state index in [1.807, 2.05) is 0 Å². The van der Waals surface area contributed by atoms with Gasteiger partial charge in [0.2, 0.25) is 5.91 Å². The summed E-state index contributed by atoms with van der Waals surface area (Å²) in [5, 5.41) is 0.331. The van der Waals surface area contributed by atoms with Crippen LogP contribution < -0.4 is 11.5 Å². The molecule has 0 radical (unpaired) electrons. The van der Waals surface area contributed by atoms with Gasteiger partial charge in [-0.25, -0.2) is 0 Å². The summed E-state index contributed by atoms with van der Waals surface area (Å²) >= 11 is 0. The van der Waals surface area contributed by atoms with Gasteiger partial charge in [-0.2, -0.15) is 0 Å². The van der Waals surface area contributed by atoms with Crippen LogP contribution in [-0.4, -0.2) is 11.8 Å². The molecule has 0 aliphatic rings. The molecule has 1 atom stereocenters. The van der Waals surface area contributed by atoms with Crippen molar-refractivity contribution in [2.45, 2.75) is 0 Å². The minimum atomic E-state index is -0.597. The van der Waals surface area contributed by atoms with Crippen LogP contribution in [0.5, 0.6) is 0 Å². The highest BCUT2D eigenvalue weighted by Gasteiger charge is 2.11. The lowest BCUT2D eigenvalue weighted by molar-refractivity contribution is 0.0971. The van der Waals surface area contributed by atoms with Crippen molar-refractivity contribution < 1.29 is 9.59 Å². The highest BCUT2D eigenvalue weighted by molar-refractivity contribution is 7.32. The van der Waals surface area contributed by atoms with Crippen molar-refractivity contribution in [3.8, 4) is 0 Å². The Bertz CT molecular complexity index is 277. The standard InChI is InChI=1S/C6H7N2O2P/c7-5(9)3-1-2-11-4(3)6(8)10/h1-2,11H,(H2,7,9)(H2,8,10). The second-order valence-electron chi connectivity index (χ2n) is 1.99. The van der Waals surface area contributed by atoms with Crippen LogP contribution in [0.4, 0.5) is 0 Å². The van der Waals surface area contributed by atoms with Gasteiger partial charge in [-0.05, 0) is 11.9 Å². The Kier molecular flexibility index (Phi) is 1.96. The van der Waals surface area contributed by atoms with Gasteiger partial charge in [0, 0.05) is 0 Å². The summed E-state index contributed by atoms with van der Waals surface area (Å²) in [6, 6.07) is 1.53. The molecule has 1 unspecified atom stereocenters. The van der Waals surface area contributed by atoms with Crippen molar-refractivity contribution in [1.82, 2.24) is 0 Å². The van der Waals surface area contributed by atoms with Gasteiger partial charge in [0.05, 0.1) is 10.9 Å². The van der Waals surface area contributed by atoms with E-state index in [0.717, 1.165) is 0 Å². The van der Waals surface area contributed by atoms with Crippen LogP contribution in [0.25, 0.3) is 0 Å². The van der Waals surface area contributed by atoms with Crippen LogP contribution in [0.1, 0.15) is 20.4 Å². The molecule has 0 aromatic carbocycles. The Labute approximate surface area is 64.7 Å². The summed E-state index contributed by atoms with van der Waals surface area (Å²) in [6.07, 6.45) is 0. The Morgan fingerprint density at radius 2 is 1.91 bits per heavy atom. The van der Waals surface area contributed by atoms with Crippen LogP contribution in [0, 0.1) is 0 Å². The van der Waals surface area contributed by atoms with E-state index >= 15 is 0 Å². The van der Waals surface area contributed by atoms with E-state index in [0.29, 0.717) is 5.30 Å². The van der Waals surface area contributed by atoms with Gasteiger partial charge in [0.25, 0.3) is 5.91 Å². The van der Waals surface area contributed by atoms with E-state index in [1.165, 1.54) is 6.07 Å². The number of hydrogen-bond donors (Lipinski definition) is 2. The first-order valence-electron chi connectivity index (χ1n) is 2.90. The molecule has 58 valence electrons. The third kappa shape index (κ3) is 1.41. The van der Waals surface area contributed by atoms with E-state index < -0.39 is 11.8 Å². The Hall–Kier alpha value is -1.28. The first-order chi connectivity index (χ1) is 5.13. The lowest BCUT2D eigenvalue weighted by Crippen LogP contribution is -2.17. The third-order valence-corrected chi connectivity index (χ3v) is 2.40. The molecule has 4 N–H and O–H groups in total. The zero-order chi connectivity index (χ0) is 8.43. The molecular formula is C6H7N2O2P. The topological polar surface area (TPSA) is 86.2 Å². The van der Waals surface area contributed by atoms with E-state index in [-0.39, 0.29) is 13.8 Å². The van der Waals surface area contributed by atoms with Gasteiger partial charge in [-0.3, -0.25) is 9.59 Å². The summed E-state index contributed by atoms with van der Waals surface area (Å²) in [6.45, 7) is 0. The maximum absolute atomic E-state index is 10.6. The van der Waals surface area contributed by atoms with Crippen molar-refractivity contribution in [2.75, 3.05) is 0 Å². The zero-order valence-corrected chi connectivity index (χ0v) is 6.63. The lowest BCUT2D eigenvalue weighted by Gasteiger charge is -1.93. The molecule has 5 heteroatoms. The monoisotopic (exact) mass is 170 g/mol. The first-order valence-corrected chi connectivity index (χ1v) is 3.97. The SMILES string of the molecule is NC(=O)c1cc[pH]c1C(N)=O. The number of carbonyl (C=O) groups excluding carboxylic acids is 2. The molecule has 1 heterocycles. The largest absolute Gasteiger partial charge is 0.366 e. The minimum Gasteiger partial charge on any atom is -0.366 e. The molecule has 1 aromatic rings. The van der Waals surface area contributed by atoms with Crippen molar-refractivity contribution in [3.05, 3.63) is 22.7 Å². The van der Waals surface area contributed by atoms with E-state index in [2.05, 4.69) is 0 Å². The summed E-state index contributed by atoms with van der Waals surface area (Å²) < 4.78 is 0. The van der Waals surface area contributed by atoms with E-state index in [1.54, 1.807) is 5.80 Å². The fraction of sp³-hybridized carbons (Fsp3) is 0. The van der Waals surface area contributed by atoms with Crippen LogP contribution in [-0.2, 0) is 0 Å². The highest BCUT2D eigenvalue weighted by atomic mass is 31.0. The molecule has 0 aliphatic heterocycles. The quantitative estimate of drug-likeness (QED) is 0.650. The molecular weight excluding hydrogens is 163 g/mol. The fourth-order valence-electron chi connectivity index (χ4n) is 0.779. The highest BCUT2D eigenvalue weighted by Crippen LogP contribution is 2.19. The molecule has 0 bridgehead atoms. The normalized spacial score (nSPS) is 10.2. The molecule has 0 fully saturated rings. The predicted molar refractivity (Wildman–Crippen MR) is 43.0 cm³/mol. The second-order valence-corrected chi connectivity index (χ2v) is 3.12. The van der Waals surface area contributed by atoms with Crippen molar-refractivity contribution in [3.63, 3.8) is 0 Å². The minimum absolute atomic E-state index is 0.177. The Morgan fingerprint density at radius 1 is 1.27 bits per heavy atom. The van der Waals surface area contributed by atoms with Gasteiger partial charge in [-0.15, -0.1) is 8.19 Å². The first kappa shape index (κ1) is 7.82. The summed E-state index contributed by atoms with van der Waals surface area (Å²) in [5.74, 6) is 0.544. The molecule has 11 heavy (non-hydrogen) atoms. The molecule has 0 aliphatic carbocycles. The Morgan fingerprint density at radius 3 is 2.27 bits per heavy atom. The fourth-order valence-corrected chi connectivity index (χ4v) is 1.70. The smallest absolute Gasteiger partial charge is 0.253 e. The van der Waals surface area contributed by atoms with Crippen molar-refractivity contribution in [1.29, 1.82) is 0 Å². The molecule has 2 amide bonds. The second kappa shape index (κ2) is 2.76. The molecule has 1 rings (SSSR count). The number of rotatable bonds is 2. The Balaban J connectivity index is 3.16. The predicted octanol–water partition coefficient (Wildman–Crippen LogP) is -0.0843. The summed E-state index contributed by atoms with van der Waals surface area (Å²) in [5.41, 5.74) is 10.2. The number of carbonyl (C=O) groups is 2. The molecule has 1 aromatic heterocycles. The van der Waals surface area contributed by atoms with Crippen LogP contribution >= 0.6 is 8.19 Å². The van der Waals surface area contributed by atoms with Crippen molar-refractivity contribution in [2.24, 2.45) is 11.5 Å². The van der Waals surface area contributed by atoms with Gasteiger partial charge >= 0.3 is 0 Å². The summed E-state index contributed by atoms with van der Waals surface area (Å²) in [4.78, 5) is 21.3. The average molecular weight is 170 g/mol. The van der Waals surface area contributed by atoms with Gasteiger partial charge in [-0.1, -0.05) is 0 Å². The zero-order valence-electron chi connectivity index (χ0n) is 5.63. The number of amides is 2. The number of primary amides is 2. The maximum Gasteiger partial charge on any atom is 0.253 e. The van der Waals surface area contributed by atoms with E-state index in [9.17, 15) is 9.59 Å². The molecule has 0 spiro atoms. The van der Waals surface area contributed by atoms with Gasteiger partial charge in [0.1, 0.15) is 0 Å². The maximum atomic E-state index is 10.6. The van der Waals surface area contributed by atoms with Crippen molar-refractivity contribution >= 4 is 20.0 Å². The average Bonchev–Trinajstić information content (AvgIpc) is 2.32. The molecule has 4 nitrogen and oxygen atoms in total. The molecule has 0 saturated carbocycles. The van der Waals surface area contributed by atoms with Gasteiger partial charge < -0.3 is 11.5 Å². The number of hydrogen-bond acceptors (Lipinski definition) is 2. The van der Waals surface area contributed by atoms with Gasteiger partial charge in [0.15, 0.2) is 0 Å². The number of nitrogens with two attached hydrogens (primary N) is 2.